The van der Waals surface area contributed by atoms with E-state index in [1.54, 1.807) is 5.57 Å². The number of rotatable bonds is 1. The number of fused-ring (bicyclic) bond motifs is 5. The molecular formula is C22H32N2O. The topological polar surface area (TPSA) is 48.9 Å². The quantitative estimate of drug-likeness (QED) is 0.720. The van der Waals surface area contributed by atoms with Gasteiger partial charge in [0.15, 0.2) is 0 Å². The second-order valence-electron chi connectivity index (χ2n) is 9.84. The Morgan fingerprint density at radius 2 is 2.00 bits per heavy atom. The van der Waals surface area contributed by atoms with Gasteiger partial charge in [-0.15, -0.1) is 0 Å². The predicted octanol–water partition coefficient (Wildman–Crippen LogP) is 4.82. The summed E-state index contributed by atoms with van der Waals surface area (Å²) < 4.78 is 0. The first kappa shape index (κ1) is 16.1. The zero-order chi connectivity index (χ0) is 17.2. The van der Waals surface area contributed by atoms with E-state index >= 15 is 0 Å². The third-order valence-electron chi connectivity index (χ3n) is 8.97. The van der Waals surface area contributed by atoms with Gasteiger partial charge in [-0.05, 0) is 80.0 Å². The average molecular weight is 341 g/mol. The largest absolute Gasteiger partial charge is 0.393 e. The fourth-order valence-corrected chi connectivity index (χ4v) is 7.61. The molecule has 0 bridgehead atoms. The molecule has 0 spiro atoms. The van der Waals surface area contributed by atoms with E-state index in [4.69, 9.17) is 0 Å². The van der Waals surface area contributed by atoms with Crippen LogP contribution in [0.5, 0.6) is 0 Å². The van der Waals surface area contributed by atoms with Crippen molar-refractivity contribution in [3.8, 4) is 0 Å². The molecule has 3 saturated carbocycles. The molecule has 1 aromatic rings. The molecule has 2 unspecified atom stereocenters. The smallest absolute Gasteiger partial charge is 0.0921 e. The molecule has 0 aliphatic heterocycles. The summed E-state index contributed by atoms with van der Waals surface area (Å²) in [6.45, 7) is 5.09. The number of aliphatic hydroxyl groups is 1. The minimum Gasteiger partial charge on any atom is -0.393 e. The maximum absolute atomic E-state index is 10.1. The lowest BCUT2D eigenvalue weighted by atomic mass is 9.47. The maximum atomic E-state index is 10.1. The van der Waals surface area contributed by atoms with E-state index in [9.17, 15) is 5.11 Å². The van der Waals surface area contributed by atoms with Crippen molar-refractivity contribution in [1.29, 1.82) is 0 Å². The number of H-pyrrole nitrogens is 1. The number of nitrogens with zero attached hydrogens (tertiary/aromatic N) is 1. The predicted molar refractivity (Wildman–Crippen MR) is 99.0 cm³/mol. The molecule has 4 aliphatic rings. The minimum atomic E-state index is -0.0963. The van der Waals surface area contributed by atoms with Crippen LogP contribution in [0.2, 0.25) is 0 Å². The Balaban J connectivity index is 1.47. The van der Waals surface area contributed by atoms with Crippen molar-refractivity contribution in [2.75, 3.05) is 0 Å². The number of hydrogen-bond acceptors (Lipinski definition) is 2. The Morgan fingerprint density at radius 1 is 1.12 bits per heavy atom. The Labute approximate surface area is 151 Å². The van der Waals surface area contributed by atoms with Crippen molar-refractivity contribution >= 4 is 0 Å². The van der Waals surface area contributed by atoms with Crippen LogP contribution >= 0.6 is 0 Å². The van der Waals surface area contributed by atoms with Gasteiger partial charge in [-0.1, -0.05) is 25.5 Å². The van der Waals surface area contributed by atoms with Gasteiger partial charge in [0.1, 0.15) is 0 Å². The fraction of sp³-hybridized carbons (Fsp3) is 0.773. The second kappa shape index (κ2) is 5.45. The zero-order valence-electron chi connectivity index (χ0n) is 15.7. The molecule has 0 amide bonds. The van der Waals surface area contributed by atoms with E-state index in [1.165, 1.54) is 44.2 Å². The summed E-state index contributed by atoms with van der Waals surface area (Å²) in [6.07, 6.45) is 16.1. The van der Waals surface area contributed by atoms with Crippen molar-refractivity contribution < 1.29 is 5.11 Å². The first-order chi connectivity index (χ1) is 12.0. The van der Waals surface area contributed by atoms with Gasteiger partial charge in [0.2, 0.25) is 0 Å². The van der Waals surface area contributed by atoms with Crippen LogP contribution in [0.4, 0.5) is 0 Å². The van der Waals surface area contributed by atoms with Crippen LogP contribution in [0.25, 0.3) is 0 Å². The average Bonchev–Trinajstić information content (AvgIpc) is 3.22. The SMILES string of the molecule is C[C@]12CCC(O)CC1=CC[C@@H]1[C@@H]2CC[C@]2(C)C(c3cnc[nH]3)CC[C@@H]12. The monoisotopic (exact) mass is 340 g/mol. The Bertz CT molecular complexity index is 680. The van der Waals surface area contributed by atoms with Gasteiger partial charge in [-0.3, -0.25) is 0 Å². The summed E-state index contributed by atoms with van der Waals surface area (Å²) in [4.78, 5) is 7.72. The van der Waals surface area contributed by atoms with Crippen LogP contribution in [-0.2, 0) is 0 Å². The molecule has 3 fully saturated rings. The summed E-state index contributed by atoms with van der Waals surface area (Å²) in [7, 11) is 0. The van der Waals surface area contributed by atoms with Crippen molar-refractivity contribution in [2.24, 2.45) is 28.6 Å². The summed E-state index contributed by atoms with van der Waals surface area (Å²) >= 11 is 0. The molecule has 2 N–H and O–H groups in total. The van der Waals surface area contributed by atoms with Gasteiger partial charge < -0.3 is 10.1 Å². The van der Waals surface area contributed by atoms with Gasteiger partial charge >= 0.3 is 0 Å². The highest BCUT2D eigenvalue weighted by atomic mass is 16.3. The Morgan fingerprint density at radius 3 is 2.80 bits per heavy atom. The van der Waals surface area contributed by atoms with Crippen molar-refractivity contribution in [2.45, 2.75) is 77.2 Å². The number of aromatic nitrogens is 2. The summed E-state index contributed by atoms with van der Waals surface area (Å²) in [5.41, 5.74) is 3.74. The van der Waals surface area contributed by atoms with Crippen LogP contribution in [-0.4, -0.2) is 21.2 Å². The summed E-state index contributed by atoms with van der Waals surface area (Å²) in [6, 6.07) is 0. The molecule has 0 aromatic carbocycles. The zero-order valence-corrected chi connectivity index (χ0v) is 15.7. The van der Waals surface area contributed by atoms with E-state index in [0.29, 0.717) is 16.7 Å². The molecule has 1 aromatic heterocycles. The second-order valence-corrected chi connectivity index (χ2v) is 9.84. The highest BCUT2D eigenvalue weighted by Crippen LogP contribution is 2.67. The lowest BCUT2D eigenvalue weighted by Crippen LogP contribution is -2.50. The highest BCUT2D eigenvalue weighted by molar-refractivity contribution is 5.26. The third-order valence-corrected chi connectivity index (χ3v) is 8.97. The molecule has 0 saturated heterocycles. The lowest BCUT2D eigenvalue weighted by molar-refractivity contribution is -0.0412. The van der Waals surface area contributed by atoms with Gasteiger partial charge in [0.05, 0.1) is 12.4 Å². The Hall–Kier alpha value is -1.09. The van der Waals surface area contributed by atoms with E-state index in [0.717, 1.165) is 30.6 Å². The van der Waals surface area contributed by atoms with Gasteiger partial charge in [-0.25, -0.2) is 4.98 Å². The molecule has 5 rings (SSSR count). The summed E-state index contributed by atoms with van der Waals surface area (Å²) in [5.74, 6) is 3.18. The molecular weight excluding hydrogens is 308 g/mol. The van der Waals surface area contributed by atoms with Crippen LogP contribution < -0.4 is 0 Å². The Kier molecular flexibility index (Phi) is 3.51. The van der Waals surface area contributed by atoms with Crippen LogP contribution in [0.3, 0.4) is 0 Å². The van der Waals surface area contributed by atoms with Crippen molar-refractivity contribution in [1.82, 2.24) is 9.97 Å². The number of aromatic amines is 1. The standard InChI is InChI=1S/C22H32N2O/c1-21-9-7-15(25)11-14(21)3-4-16-17-5-6-19(20-12-23-13-24-20)22(17,2)10-8-18(16)21/h3,12-13,15-19,25H,4-11H2,1-2H3,(H,23,24)/t15?,16-,17-,18-,19?,21-,22-/m0/s1. The van der Waals surface area contributed by atoms with Crippen LogP contribution in [0.15, 0.2) is 24.2 Å². The molecule has 3 nitrogen and oxygen atoms in total. The molecule has 1 heterocycles. The normalized spacial score (nSPS) is 49.1. The van der Waals surface area contributed by atoms with Gasteiger partial charge in [-0.2, -0.15) is 0 Å². The maximum Gasteiger partial charge on any atom is 0.0921 e. The van der Waals surface area contributed by atoms with E-state index in [2.05, 4.69) is 36.1 Å². The highest BCUT2D eigenvalue weighted by Gasteiger charge is 2.58. The third kappa shape index (κ3) is 2.17. The molecule has 25 heavy (non-hydrogen) atoms. The van der Waals surface area contributed by atoms with Gasteiger partial charge in [0, 0.05) is 17.8 Å². The van der Waals surface area contributed by atoms with E-state index in [-0.39, 0.29) is 6.10 Å². The molecule has 4 aliphatic carbocycles. The molecule has 136 valence electrons. The number of aliphatic hydroxyl groups excluding tert-OH is 1. The summed E-state index contributed by atoms with van der Waals surface area (Å²) in [5, 5.41) is 10.1. The van der Waals surface area contributed by atoms with Crippen LogP contribution in [0, 0.1) is 28.6 Å². The van der Waals surface area contributed by atoms with Crippen LogP contribution in [0.1, 0.15) is 76.8 Å². The minimum absolute atomic E-state index is 0.0963. The molecule has 0 radical (unpaired) electrons. The number of imidazole rings is 1. The number of hydrogen-bond donors (Lipinski definition) is 2. The first-order valence-electron chi connectivity index (χ1n) is 10.4. The molecule has 3 heteroatoms. The van der Waals surface area contributed by atoms with E-state index < -0.39 is 0 Å². The first-order valence-corrected chi connectivity index (χ1v) is 10.4. The van der Waals surface area contributed by atoms with Crippen molar-refractivity contribution in [3.05, 3.63) is 29.9 Å². The lowest BCUT2D eigenvalue weighted by Gasteiger charge is -2.58. The molecule has 7 atom stereocenters. The fourth-order valence-electron chi connectivity index (χ4n) is 7.61. The number of nitrogens with one attached hydrogen (secondary N) is 1. The van der Waals surface area contributed by atoms with Gasteiger partial charge in [0.25, 0.3) is 0 Å². The van der Waals surface area contributed by atoms with Crippen molar-refractivity contribution in [3.63, 3.8) is 0 Å². The number of allylic oxidation sites excluding steroid dienone is 1. The van der Waals surface area contributed by atoms with E-state index in [1.807, 2.05) is 6.33 Å².